The Morgan fingerprint density at radius 2 is 1.87 bits per heavy atom. The molecule has 0 amide bonds. The van der Waals surface area contributed by atoms with Gasteiger partial charge in [-0.3, -0.25) is 4.79 Å². The maximum absolute atomic E-state index is 11.3. The molecule has 0 aromatic heterocycles. The van der Waals surface area contributed by atoms with Crippen molar-refractivity contribution in [2.24, 2.45) is 5.92 Å². The second-order valence-electron chi connectivity index (χ2n) is 3.90. The highest BCUT2D eigenvalue weighted by atomic mass is 16.6. The fraction of sp³-hybridized carbons (Fsp3) is 0.545. The van der Waals surface area contributed by atoms with Crippen LogP contribution in [0.2, 0.25) is 0 Å². The normalized spacial score (nSPS) is 16.3. The van der Waals surface area contributed by atoms with Crippen LogP contribution in [0, 0.1) is 5.92 Å². The summed E-state index contributed by atoms with van der Waals surface area (Å²) in [5, 5.41) is 0. The van der Waals surface area contributed by atoms with E-state index >= 15 is 0 Å². The first kappa shape index (κ1) is 11.6. The van der Waals surface area contributed by atoms with Crippen LogP contribution in [0.25, 0.3) is 0 Å². The number of Topliss-reactive ketones (excluding diaryl/α,β-unsaturated/α-hetero) is 1. The quantitative estimate of drug-likeness (QED) is 0.519. The van der Waals surface area contributed by atoms with Crippen LogP contribution in [0.4, 0.5) is 0 Å². The molecule has 0 atom stereocenters. The van der Waals surface area contributed by atoms with Gasteiger partial charge < -0.3 is 4.74 Å². The van der Waals surface area contributed by atoms with E-state index in [2.05, 4.69) is 4.74 Å². The first-order valence-corrected chi connectivity index (χ1v) is 4.92. The average Bonchev–Trinajstić information content (AvgIpc) is 2.38. The maximum atomic E-state index is 11.3. The molecule has 0 radical (unpaired) electrons. The molecule has 1 rings (SSSR count). The number of esters is 2. The Balaban J connectivity index is 2.63. The number of hydrogen-bond acceptors (Lipinski definition) is 4. The zero-order valence-corrected chi connectivity index (χ0v) is 9.12. The first-order valence-electron chi connectivity index (χ1n) is 4.92. The highest BCUT2D eigenvalue weighted by Gasteiger charge is 2.29. The monoisotopic (exact) mass is 210 g/mol. The molecule has 1 aliphatic rings. The average molecular weight is 210 g/mol. The molecule has 0 aromatic rings. The summed E-state index contributed by atoms with van der Waals surface area (Å²) >= 11 is 0. The molecular weight excluding hydrogens is 196 g/mol. The van der Waals surface area contributed by atoms with E-state index in [1.165, 1.54) is 0 Å². The minimum absolute atomic E-state index is 0.0426. The standard InChI is InChI=1S/C11H14O4/c1-6(2)9(12)5-4-8-7(3)10(13)15-11(8)14/h6H,4-5H2,1-3H3. The van der Waals surface area contributed by atoms with Gasteiger partial charge >= 0.3 is 11.9 Å². The summed E-state index contributed by atoms with van der Waals surface area (Å²) in [6.45, 7) is 5.16. The van der Waals surface area contributed by atoms with Crippen molar-refractivity contribution in [3.8, 4) is 0 Å². The van der Waals surface area contributed by atoms with Gasteiger partial charge in [-0.25, -0.2) is 9.59 Å². The highest BCUT2D eigenvalue weighted by molar-refractivity contribution is 6.12. The van der Waals surface area contributed by atoms with Gasteiger partial charge in [-0.1, -0.05) is 13.8 Å². The molecule has 15 heavy (non-hydrogen) atoms. The topological polar surface area (TPSA) is 60.4 Å². The van der Waals surface area contributed by atoms with Crippen LogP contribution in [0.1, 0.15) is 33.6 Å². The summed E-state index contributed by atoms with van der Waals surface area (Å²) in [5.74, 6) is -1.15. The van der Waals surface area contributed by atoms with Gasteiger partial charge in [-0.05, 0) is 13.3 Å². The molecule has 0 unspecified atom stereocenters. The first-order chi connectivity index (χ1) is 6.93. The van der Waals surface area contributed by atoms with Gasteiger partial charge in [-0.15, -0.1) is 0 Å². The molecule has 0 saturated carbocycles. The van der Waals surface area contributed by atoms with Gasteiger partial charge in [0.2, 0.25) is 0 Å². The molecule has 0 N–H and O–H groups in total. The second kappa shape index (κ2) is 4.38. The van der Waals surface area contributed by atoms with E-state index in [0.717, 1.165) is 0 Å². The molecule has 1 aliphatic heterocycles. The van der Waals surface area contributed by atoms with Gasteiger partial charge in [0.1, 0.15) is 5.78 Å². The van der Waals surface area contributed by atoms with Gasteiger partial charge in [0.05, 0.1) is 0 Å². The highest BCUT2D eigenvalue weighted by Crippen LogP contribution is 2.21. The third-order valence-electron chi connectivity index (χ3n) is 2.46. The molecule has 0 spiro atoms. The van der Waals surface area contributed by atoms with Gasteiger partial charge in [0, 0.05) is 23.5 Å². The van der Waals surface area contributed by atoms with Crippen LogP contribution in [0.5, 0.6) is 0 Å². The largest absolute Gasteiger partial charge is 0.386 e. The Bertz CT molecular complexity index is 350. The Hall–Kier alpha value is -1.45. The summed E-state index contributed by atoms with van der Waals surface area (Å²) < 4.78 is 4.42. The fourth-order valence-corrected chi connectivity index (χ4v) is 1.33. The van der Waals surface area contributed by atoms with Crippen LogP contribution in [0.15, 0.2) is 11.1 Å². The van der Waals surface area contributed by atoms with Crippen molar-refractivity contribution in [2.45, 2.75) is 33.6 Å². The lowest BCUT2D eigenvalue weighted by molar-refractivity contribution is -0.151. The predicted molar refractivity (Wildman–Crippen MR) is 52.9 cm³/mol. The minimum atomic E-state index is -0.603. The van der Waals surface area contributed by atoms with Crippen LogP contribution in [-0.4, -0.2) is 17.7 Å². The number of carbonyl (C=O) groups is 3. The lowest BCUT2D eigenvalue weighted by atomic mass is 9.99. The van der Waals surface area contributed by atoms with Crippen molar-refractivity contribution < 1.29 is 19.1 Å². The Labute approximate surface area is 88.3 Å². The lowest BCUT2D eigenvalue weighted by Crippen LogP contribution is -2.09. The zero-order chi connectivity index (χ0) is 11.6. The smallest absolute Gasteiger partial charge is 0.342 e. The van der Waals surface area contributed by atoms with Crippen LogP contribution in [0.3, 0.4) is 0 Å². The Morgan fingerprint density at radius 1 is 1.27 bits per heavy atom. The molecule has 4 nitrogen and oxygen atoms in total. The minimum Gasteiger partial charge on any atom is -0.386 e. The third kappa shape index (κ3) is 2.52. The number of cyclic esters (lactones) is 2. The molecule has 1 heterocycles. The van der Waals surface area contributed by atoms with Crippen molar-refractivity contribution in [1.29, 1.82) is 0 Å². The van der Waals surface area contributed by atoms with E-state index in [4.69, 9.17) is 0 Å². The summed E-state index contributed by atoms with van der Waals surface area (Å²) in [6, 6.07) is 0. The van der Waals surface area contributed by atoms with Crippen molar-refractivity contribution in [1.82, 2.24) is 0 Å². The van der Waals surface area contributed by atoms with Gasteiger partial charge in [0.15, 0.2) is 0 Å². The number of ketones is 1. The van der Waals surface area contributed by atoms with E-state index in [1.807, 2.05) is 13.8 Å². The maximum Gasteiger partial charge on any atom is 0.342 e. The van der Waals surface area contributed by atoms with Crippen molar-refractivity contribution >= 4 is 17.7 Å². The number of hydrogen-bond donors (Lipinski definition) is 0. The zero-order valence-electron chi connectivity index (χ0n) is 9.12. The molecule has 0 fully saturated rings. The van der Waals surface area contributed by atoms with Gasteiger partial charge in [-0.2, -0.15) is 0 Å². The molecule has 0 aliphatic carbocycles. The summed E-state index contributed by atoms with van der Waals surface area (Å²) in [5.41, 5.74) is 0.672. The third-order valence-corrected chi connectivity index (χ3v) is 2.46. The Kier molecular flexibility index (Phi) is 3.39. The molecule has 0 bridgehead atoms. The molecule has 4 heteroatoms. The molecule has 82 valence electrons. The summed E-state index contributed by atoms with van der Waals surface area (Å²) in [7, 11) is 0. The summed E-state index contributed by atoms with van der Waals surface area (Å²) in [4.78, 5) is 33.5. The van der Waals surface area contributed by atoms with E-state index in [9.17, 15) is 14.4 Å². The van der Waals surface area contributed by atoms with Crippen molar-refractivity contribution in [3.05, 3.63) is 11.1 Å². The van der Waals surface area contributed by atoms with E-state index in [0.29, 0.717) is 17.6 Å². The van der Waals surface area contributed by atoms with Gasteiger partial charge in [0.25, 0.3) is 0 Å². The second-order valence-corrected chi connectivity index (χ2v) is 3.90. The van der Waals surface area contributed by atoms with Crippen LogP contribution in [-0.2, 0) is 19.1 Å². The van der Waals surface area contributed by atoms with Crippen molar-refractivity contribution in [2.75, 3.05) is 0 Å². The van der Waals surface area contributed by atoms with Crippen LogP contribution >= 0.6 is 0 Å². The van der Waals surface area contributed by atoms with E-state index in [-0.39, 0.29) is 18.1 Å². The van der Waals surface area contributed by atoms with Crippen LogP contribution < -0.4 is 0 Å². The fourth-order valence-electron chi connectivity index (χ4n) is 1.33. The molecular formula is C11H14O4. The number of rotatable bonds is 4. The van der Waals surface area contributed by atoms with E-state index < -0.39 is 11.9 Å². The SMILES string of the molecule is CC1=C(CCC(=O)C(C)C)C(=O)OC1=O. The number of ether oxygens (including phenoxy) is 1. The van der Waals surface area contributed by atoms with E-state index in [1.54, 1.807) is 6.92 Å². The number of carbonyl (C=O) groups excluding carboxylic acids is 3. The molecule has 0 saturated heterocycles. The Morgan fingerprint density at radius 3 is 2.27 bits per heavy atom. The predicted octanol–water partition coefficient (Wildman–Crippen LogP) is 1.39. The van der Waals surface area contributed by atoms with Crippen molar-refractivity contribution in [3.63, 3.8) is 0 Å². The summed E-state index contributed by atoms with van der Waals surface area (Å²) in [6.07, 6.45) is 0.583. The molecule has 0 aromatic carbocycles. The lowest BCUT2D eigenvalue weighted by Gasteiger charge is -2.03.